The Morgan fingerprint density at radius 3 is 2.86 bits per heavy atom. The molecule has 1 aliphatic heterocycles. The van der Waals surface area contributed by atoms with Crippen molar-refractivity contribution >= 4 is 15.9 Å². The van der Waals surface area contributed by atoms with E-state index < -0.39 is 23.8 Å². The number of ether oxygens (including phenoxy) is 1. The average molecular weight is 358 g/mol. The third-order valence-corrected chi connectivity index (χ3v) is 4.02. The maximum absolute atomic E-state index is 13.8. The number of benzene rings is 1. The molecule has 3 rings (SSSR count). The molecule has 112 valence electrons. The van der Waals surface area contributed by atoms with E-state index in [9.17, 15) is 8.78 Å². The molecule has 1 unspecified atom stereocenters. The Hall–Kier alpha value is -1.31. The summed E-state index contributed by atoms with van der Waals surface area (Å²) in [5, 5.41) is 4.20. The first-order chi connectivity index (χ1) is 10.0. The third-order valence-electron chi connectivity index (χ3n) is 3.61. The molecule has 1 fully saturated rings. The van der Waals surface area contributed by atoms with Crippen LogP contribution in [0.5, 0.6) is 0 Å². The van der Waals surface area contributed by atoms with E-state index in [1.165, 1.54) is 0 Å². The maximum Gasteiger partial charge on any atom is 0.129 e. The zero-order valence-electron chi connectivity index (χ0n) is 11.0. The van der Waals surface area contributed by atoms with Gasteiger partial charge in [-0.25, -0.2) is 8.78 Å². The highest BCUT2D eigenvalue weighted by atomic mass is 79.9. The van der Waals surface area contributed by atoms with Gasteiger partial charge >= 0.3 is 0 Å². The molecule has 0 bridgehead atoms. The number of nitrogens with two attached hydrogens (primary N) is 1. The van der Waals surface area contributed by atoms with Crippen LogP contribution < -0.4 is 5.73 Å². The van der Waals surface area contributed by atoms with E-state index in [0.29, 0.717) is 13.0 Å². The van der Waals surface area contributed by atoms with Gasteiger partial charge in [-0.05, 0) is 40.5 Å². The Labute approximate surface area is 129 Å². The van der Waals surface area contributed by atoms with Crippen molar-refractivity contribution in [3.05, 3.63) is 52.3 Å². The van der Waals surface area contributed by atoms with Crippen molar-refractivity contribution < 1.29 is 13.5 Å². The van der Waals surface area contributed by atoms with Gasteiger partial charge in [-0.2, -0.15) is 5.10 Å². The molecule has 7 heteroatoms. The van der Waals surface area contributed by atoms with Crippen LogP contribution >= 0.6 is 15.9 Å². The topological polar surface area (TPSA) is 53.1 Å². The van der Waals surface area contributed by atoms with E-state index >= 15 is 0 Å². The van der Waals surface area contributed by atoms with Gasteiger partial charge in [0.05, 0.1) is 23.3 Å². The van der Waals surface area contributed by atoms with Gasteiger partial charge in [-0.15, -0.1) is 0 Å². The Morgan fingerprint density at radius 1 is 1.38 bits per heavy atom. The number of halogens is 3. The molecule has 1 aromatic carbocycles. The molecule has 2 N–H and O–H groups in total. The monoisotopic (exact) mass is 357 g/mol. The summed E-state index contributed by atoms with van der Waals surface area (Å²) >= 11 is 3.33. The van der Waals surface area contributed by atoms with E-state index in [1.807, 2.05) is 6.20 Å². The molecule has 1 aromatic heterocycles. The van der Waals surface area contributed by atoms with Crippen molar-refractivity contribution in [2.75, 3.05) is 6.61 Å². The van der Waals surface area contributed by atoms with Crippen molar-refractivity contribution in [3.8, 4) is 0 Å². The van der Waals surface area contributed by atoms with Crippen LogP contribution in [0.3, 0.4) is 0 Å². The first kappa shape index (κ1) is 14.6. The molecule has 21 heavy (non-hydrogen) atoms. The van der Waals surface area contributed by atoms with Crippen molar-refractivity contribution in [2.24, 2.45) is 5.73 Å². The van der Waals surface area contributed by atoms with Gasteiger partial charge in [0.25, 0.3) is 0 Å². The predicted octanol–water partition coefficient (Wildman–Crippen LogP) is 2.95. The Bertz CT molecular complexity index is 649. The maximum atomic E-state index is 13.8. The van der Waals surface area contributed by atoms with Crippen molar-refractivity contribution in [3.63, 3.8) is 0 Å². The first-order valence-electron chi connectivity index (χ1n) is 6.56. The van der Waals surface area contributed by atoms with Crippen molar-refractivity contribution in [2.45, 2.75) is 24.6 Å². The number of hydrogen-bond donors (Lipinski definition) is 1. The normalized spacial score (nSPS) is 26.0. The highest BCUT2D eigenvalue weighted by molar-refractivity contribution is 9.10. The number of rotatable bonds is 2. The van der Waals surface area contributed by atoms with Crippen LogP contribution in [0.25, 0.3) is 0 Å². The van der Waals surface area contributed by atoms with Crippen LogP contribution in [0.2, 0.25) is 0 Å². The summed E-state index contributed by atoms with van der Waals surface area (Å²) in [7, 11) is 0. The highest BCUT2D eigenvalue weighted by Crippen LogP contribution is 2.33. The Balaban J connectivity index is 1.78. The van der Waals surface area contributed by atoms with E-state index in [2.05, 4.69) is 21.0 Å². The average Bonchev–Trinajstić information content (AvgIpc) is 2.88. The Kier molecular flexibility index (Phi) is 4.05. The van der Waals surface area contributed by atoms with E-state index in [0.717, 1.165) is 22.7 Å². The second-order valence-electron chi connectivity index (χ2n) is 5.11. The summed E-state index contributed by atoms with van der Waals surface area (Å²) in [6.45, 7) is 0.350. The molecule has 2 aromatic rings. The van der Waals surface area contributed by atoms with E-state index in [4.69, 9.17) is 10.5 Å². The highest BCUT2D eigenvalue weighted by Gasteiger charge is 2.33. The summed E-state index contributed by atoms with van der Waals surface area (Å²) in [6.07, 6.45) is 3.46. The van der Waals surface area contributed by atoms with E-state index in [-0.39, 0.29) is 11.6 Å². The molecule has 1 saturated heterocycles. The van der Waals surface area contributed by atoms with Gasteiger partial charge < -0.3 is 10.5 Å². The van der Waals surface area contributed by atoms with Gasteiger partial charge in [0.2, 0.25) is 0 Å². The van der Waals surface area contributed by atoms with Crippen LogP contribution in [0, 0.1) is 11.6 Å². The lowest BCUT2D eigenvalue weighted by molar-refractivity contribution is -0.0316. The largest absolute Gasteiger partial charge is 0.370 e. The standard InChI is InChI=1S/C14H14BrF2N3O/c15-8-5-19-20(6-8)10-4-13(18)14(21-7-10)11-3-9(16)1-2-12(11)17/h1-3,5-6,10,13-14H,4,7,18H2/t10?,13-,14+/m0/s1. The van der Waals surface area contributed by atoms with Crippen LogP contribution in [0.15, 0.2) is 35.1 Å². The second kappa shape index (κ2) is 5.82. The molecule has 0 radical (unpaired) electrons. The third kappa shape index (κ3) is 3.00. The lowest BCUT2D eigenvalue weighted by Gasteiger charge is -2.34. The molecule has 1 aliphatic rings. The zero-order valence-corrected chi connectivity index (χ0v) is 12.6. The van der Waals surface area contributed by atoms with Gasteiger partial charge in [0.15, 0.2) is 0 Å². The van der Waals surface area contributed by atoms with Crippen LogP contribution in [-0.2, 0) is 4.74 Å². The summed E-state index contributed by atoms with van der Waals surface area (Å²) in [5.41, 5.74) is 6.27. The molecule has 3 atom stereocenters. The van der Waals surface area contributed by atoms with Crippen LogP contribution in [-0.4, -0.2) is 22.4 Å². The van der Waals surface area contributed by atoms with Gasteiger partial charge in [0, 0.05) is 17.8 Å². The lowest BCUT2D eigenvalue weighted by Crippen LogP contribution is -2.40. The molecule has 0 amide bonds. The lowest BCUT2D eigenvalue weighted by atomic mass is 9.94. The summed E-state index contributed by atoms with van der Waals surface area (Å²) in [4.78, 5) is 0. The summed E-state index contributed by atoms with van der Waals surface area (Å²) in [5.74, 6) is -1.00. The molecule has 0 saturated carbocycles. The first-order valence-corrected chi connectivity index (χ1v) is 7.35. The minimum atomic E-state index is -0.643. The molecular formula is C14H14BrF2N3O. The Morgan fingerprint density at radius 2 is 2.19 bits per heavy atom. The number of aromatic nitrogens is 2. The fraction of sp³-hybridized carbons (Fsp3) is 0.357. The van der Waals surface area contributed by atoms with Gasteiger partial charge in [-0.1, -0.05) is 0 Å². The number of nitrogens with zero attached hydrogens (tertiary/aromatic N) is 2. The SMILES string of the molecule is N[C@H]1CC(n2cc(Br)cn2)CO[C@@H]1c1cc(F)ccc1F. The van der Waals surface area contributed by atoms with Crippen LogP contribution in [0.4, 0.5) is 8.78 Å². The summed E-state index contributed by atoms with van der Waals surface area (Å²) < 4.78 is 35.4. The minimum absolute atomic E-state index is 0.0147. The fourth-order valence-electron chi connectivity index (χ4n) is 2.60. The quantitative estimate of drug-likeness (QED) is 0.898. The fourth-order valence-corrected chi connectivity index (χ4v) is 2.90. The summed E-state index contributed by atoms with van der Waals surface area (Å²) in [6, 6.07) is 2.88. The van der Waals surface area contributed by atoms with Crippen molar-refractivity contribution in [1.82, 2.24) is 9.78 Å². The van der Waals surface area contributed by atoms with Crippen LogP contribution in [0.1, 0.15) is 24.1 Å². The zero-order chi connectivity index (χ0) is 15.0. The predicted molar refractivity (Wildman–Crippen MR) is 76.6 cm³/mol. The van der Waals surface area contributed by atoms with Crippen molar-refractivity contribution in [1.29, 1.82) is 0 Å². The number of hydrogen-bond acceptors (Lipinski definition) is 3. The molecule has 0 spiro atoms. The minimum Gasteiger partial charge on any atom is -0.370 e. The smallest absolute Gasteiger partial charge is 0.129 e. The molecule has 2 heterocycles. The second-order valence-corrected chi connectivity index (χ2v) is 6.03. The molecular weight excluding hydrogens is 344 g/mol. The molecule has 0 aliphatic carbocycles. The molecule has 4 nitrogen and oxygen atoms in total. The van der Waals surface area contributed by atoms with Gasteiger partial charge in [-0.3, -0.25) is 4.68 Å². The van der Waals surface area contributed by atoms with Gasteiger partial charge in [0.1, 0.15) is 17.7 Å². The van der Waals surface area contributed by atoms with E-state index in [1.54, 1.807) is 10.9 Å².